The van der Waals surface area contributed by atoms with Crippen molar-refractivity contribution in [1.29, 1.82) is 0 Å². The number of hydrogen-bond donors (Lipinski definition) is 1. The molecule has 0 aliphatic rings. The average Bonchev–Trinajstić information content (AvgIpc) is 2.40. The van der Waals surface area contributed by atoms with Crippen LogP contribution in [-0.2, 0) is 0 Å². The van der Waals surface area contributed by atoms with E-state index in [1.165, 1.54) is 6.08 Å². The molecule has 96 valence electrons. The van der Waals surface area contributed by atoms with Crippen LogP contribution < -0.4 is 10.3 Å². The van der Waals surface area contributed by atoms with Crippen LogP contribution in [0.4, 0.5) is 5.82 Å². The molecule has 0 spiro atoms. The van der Waals surface area contributed by atoms with E-state index in [0.29, 0.717) is 16.4 Å². The van der Waals surface area contributed by atoms with Crippen LogP contribution in [0.25, 0.3) is 6.20 Å². The van der Waals surface area contributed by atoms with Gasteiger partial charge >= 0.3 is 0 Å². The first-order chi connectivity index (χ1) is 9.06. The highest BCUT2D eigenvalue weighted by Crippen LogP contribution is 2.07. The predicted octanol–water partition coefficient (Wildman–Crippen LogP) is 2.87. The fraction of sp³-hybridized carbons (Fsp3) is 0.0667. The summed E-state index contributed by atoms with van der Waals surface area (Å²) in [6, 6.07) is 10.8. The molecule has 0 saturated carbocycles. The van der Waals surface area contributed by atoms with Gasteiger partial charge in [-0.25, -0.2) is 4.57 Å². The Labute approximate surface area is 116 Å². The quantitative estimate of drug-likeness (QED) is 0.531. The molecule has 0 saturated heterocycles. The van der Waals surface area contributed by atoms with Gasteiger partial charge in [-0.05, 0) is 13.0 Å². The molecule has 2 aromatic rings. The van der Waals surface area contributed by atoms with Gasteiger partial charge in [-0.15, -0.1) is 0 Å². The molecule has 1 aromatic carbocycles. The minimum Gasteiger partial charge on any atom is -0.289 e. The van der Waals surface area contributed by atoms with Crippen molar-refractivity contribution in [1.82, 2.24) is 0 Å². The summed E-state index contributed by atoms with van der Waals surface area (Å²) in [6.45, 7) is 1.98. The van der Waals surface area contributed by atoms with E-state index in [1.54, 1.807) is 41.2 Å². The molecule has 0 atom stereocenters. The number of pyridine rings is 1. The van der Waals surface area contributed by atoms with E-state index in [4.69, 9.17) is 17.3 Å². The van der Waals surface area contributed by atoms with Crippen LogP contribution in [0.3, 0.4) is 0 Å². The van der Waals surface area contributed by atoms with Crippen molar-refractivity contribution in [3.8, 4) is 0 Å². The number of nitrogens with two attached hydrogens (primary N) is 1. The lowest BCUT2D eigenvalue weighted by atomic mass is 10.1. The van der Waals surface area contributed by atoms with Crippen LogP contribution in [0.15, 0.2) is 48.7 Å². The van der Waals surface area contributed by atoms with Crippen LogP contribution in [0.5, 0.6) is 0 Å². The summed E-state index contributed by atoms with van der Waals surface area (Å²) in [5.74, 6) is 0.434. The summed E-state index contributed by atoms with van der Waals surface area (Å²) in [4.78, 5) is 12.0. The molecule has 19 heavy (non-hydrogen) atoms. The fourth-order valence-electron chi connectivity index (χ4n) is 1.59. The maximum Gasteiger partial charge on any atom is 0.277 e. The van der Waals surface area contributed by atoms with Gasteiger partial charge in [0.05, 0.1) is 11.2 Å². The number of benzene rings is 1. The number of carbonyl (C=O) groups excluding carboxylic acids is 1. The largest absolute Gasteiger partial charge is 0.289 e. The lowest BCUT2D eigenvalue weighted by molar-refractivity contribution is -0.552. The molecule has 4 heteroatoms. The Hall–Kier alpha value is -2.13. The van der Waals surface area contributed by atoms with E-state index < -0.39 is 0 Å². The van der Waals surface area contributed by atoms with Crippen molar-refractivity contribution < 1.29 is 9.36 Å². The molecule has 2 N–H and O–H groups in total. The lowest BCUT2D eigenvalue weighted by Gasteiger charge is -1.98. The molecule has 0 aliphatic heterocycles. The number of allylic oxidation sites excluding steroid dienone is 1. The Bertz CT molecular complexity index is 633. The minimum absolute atomic E-state index is 0.0770. The molecule has 0 radical (unpaired) electrons. The number of nitrogens with zero attached hydrogens (tertiary/aromatic N) is 1. The van der Waals surface area contributed by atoms with Crippen molar-refractivity contribution >= 4 is 29.4 Å². The minimum atomic E-state index is -0.0770. The van der Waals surface area contributed by atoms with Gasteiger partial charge in [0.15, 0.2) is 5.78 Å². The second-order valence-corrected chi connectivity index (χ2v) is 4.66. The van der Waals surface area contributed by atoms with Gasteiger partial charge in [-0.1, -0.05) is 41.4 Å². The van der Waals surface area contributed by atoms with E-state index >= 15 is 0 Å². The number of hydrogen-bond acceptors (Lipinski definition) is 2. The van der Waals surface area contributed by atoms with Gasteiger partial charge in [-0.2, -0.15) is 0 Å². The standard InChI is InChI=1S/C15H13ClN2O/c1-11-2-4-12(5-3-11)14(19)8-9-18-10-13(16)6-7-15(18)17/h2-10,17H,1H3/p+1/b9-8+. The average molecular weight is 274 g/mol. The molecule has 1 heterocycles. The zero-order valence-electron chi connectivity index (χ0n) is 10.5. The van der Waals surface area contributed by atoms with Crippen molar-refractivity contribution in [3.63, 3.8) is 0 Å². The van der Waals surface area contributed by atoms with Crippen LogP contribution in [-0.4, -0.2) is 5.78 Å². The predicted molar refractivity (Wildman–Crippen MR) is 76.9 cm³/mol. The van der Waals surface area contributed by atoms with Gasteiger partial charge in [0.1, 0.15) is 6.20 Å². The van der Waals surface area contributed by atoms with E-state index in [2.05, 4.69) is 0 Å². The Morgan fingerprint density at radius 3 is 2.58 bits per heavy atom. The monoisotopic (exact) mass is 273 g/mol. The maximum absolute atomic E-state index is 12.0. The molecule has 0 unspecified atom stereocenters. The molecule has 0 bridgehead atoms. The maximum atomic E-state index is 12.0. The number of aromatic nitrogens is 1. The second kappa shape index (κ2) is 5.67. The Morgan fingerprint density at radius 2 is 1.89 bits per heavy atom. The van der Waals surface area contributed by atoms with Gasteiger partial charge in [0.25, 0.3) is 5.82 Å². The third kappa shape index (κ3) is 3.42. The van der Waals surface area contributed by atoms with Gasteiger partial charge in [-0.3, -0.25) is 10.5 Å². The molecule has 2 rings (SSSR count). The number of nitrogen functional groups attached to an aromatic ring is 1. The zero-order chi connectivity index (χ0) is 13.8. The molecule has 3 nitrogen and oxygen atoms in total. The van der Waals surface area contributed by atoms with Gasteiger partial charge < -0.3 is 0 Å². The number of ketones is 1. The SMILES string of the molecule is Cc1ccc(C(=O)/C=C/[n+]2cc(Cl)ccc2N)cc1. The number of rotatable bonds is 3. The van der Waals surface area contributed by atoms with Crippen molar-refractivity contribution in [2.24, 2.45) is 0 Å². The first-order valence-electron chi connectivity index (χ1n) is 5.81. The van der Waals surface area contributed by atoms with E-state index in [1.807, 2.05) is 19.1 Å². The molecule has 0 fully saturated rings. The highest BCUT2D eigenvalue weighted by molar-refractivity contribution is 6.30. The lowest BCUT2D eigenvalue weighted by Crippen LogP contribution is -2.30. The number of halogens is 1. The first kappa shape index (κ1) is 13.3. The first-order valence-corrected chi connectivity index (χ1v) is 6.19. The highest BCUT2D eigenvalue weighted by atomic mass is 35.5. The van der Waals surface area contributed by atoms with Crippen molar-refractivity contribution in [3.05, 3.63) is 64.8 Å². The zero-order valence-corrected chi connectivity index (χ0v) is 11.3. The van der Waals surface area contributed by atoms with Crippen LogP contribution in [0.1, 0.15) is 15.9 Å². The highest BCUT2D eigenvalue weighted by Gasteiger charge is 2.04. The summed E-state index contributed by atoms with van der Waals surface area (Å²) < 4.78 is 1.61. The second-order valence-electron chi connectivity index (χ2n) is 4.23. The third-order valence-corrected chi connectivity index (χ3v) is 2.92. The normalized spacial score (nSPS) is 10.8. The van der Waals surface area contributed by atoms with E-state index in [0.717, 1.165) is 5.56 Å². The summed E-state index contributed by atoms with van der Waals surface area (Å²) in [5, 5.41) is 0.557. The van der Waals surface area contributed by atoms with Gasteiger partial charge in [0, 0.05) is 17.7 Å². The molecule has 0 aliphatic carbocycles. The Morgan fingerprint density at radius 1 is 1.21 bits per heavy atom. The fourth-order valence-corrected chi connectivity index (χ4v) is 1.76. The number of carbonyl (C=O) groups is 1. The number of anilines is 1. The van der Waals surface area contributed by atoms with Gasteiger partial charge in [0.2, 0.25) is 0 Å². The van der Waals surface area contributed by atoms with Crippen molar-refractivity contribution in [2.45, 2.75) is 6.92 Å². The summed E-state index contributed by atoms with van der Waals surface area (Å²) >= 11 is 5.87. The Kier molecular flexibility index (Phi) is 3.97. The molecule has 0 amide bonds. The summed E-state index contributed by atoms with van der Waals surface area (Å²) in [5.41, 5.74) is 7.54. The Balaban J connectivity index is 2.20. The third-order valence-electron chi connectivity index (χ3n) is 2.70. The summed E-state index contributed by atoms with van der Waals surface area (Å²) in [7, 11) is 0. The number of aryl methyl sites for hydroxylation is 1. The molecule has 1 aromatic heterocycles. The molecular weight excluding hydrogens is 260 g/mol. The summed E-state index contributed by atoms with van der Waals surface area (Å²) in [6.07, 6.45) is 4.72. The smallest absolute Gasteiger partial charge is 0.277 e. The van der Waals surface area contributed by atoms with E-state index in [9.17, 15) is 4.79 Å². The van der Waals surface area contributed by atoms with Crippen LogP contribution in [0, 0.1) is 6.92 Å². The molecular formula is C15H14ClN2O+. The van der Waals surface area contributed by atoms with Crippen LogP contribution in [0.2, 0.25) is 5.02 Å². The van der Waals surface area contributed by atoms with Crippen molar-refractivity contribution in [2.75, 3.05) is 5.73 Å². The van der Waals surface area contributed by atoms with E-state index in [-0.39, 0.29) is 5.78 Å². The van der Waals surface area contributed by atoms with Crippen LogP contribution >= 0.6 is 11.6 Å². The topological polar surface area (TPSA) is 47.0 Å².